The number of carbonyl (C=O) groups is 2. The smallest absolute Gasteiger partial charge is 0.339 e. The Labute approximate surface area is 161 Å². The molecule has 1 atom stereocenters. The van der Waals surface area contributed by atoms with Crippen LogP contribution in [-0.4, -0.2) is 18.0 Å². The fourth-order valence-electron chi connectivity index (χ4n) is 2.82. The topological polar surface area (TPSA) is 52.6 Å². The molecule has 0 spiro atoms. The van der Waals surface area contributed by atoms with Crippen molar-refractivity contribution in [1.29, 1.82) is 0 Å². The zero-order valence-electron chi connectivity index (χ0n) is 16.1. The van der Waals surface area contributed by atoms with Gasteiger partial charge in [-0.05, 0) is 37.0 Å². The van der Waals surface area contributed by atoms with Crippen LogP contribution in [0.4, 0.5) is 0 Å². The first-order valence-electron chi connectivity index (χ1n) is 9.66. The summed E-state index contributed by atoms with van der Waals surface area (Å²) in [7, 11) is 0. The van der Waals surface area contributed by atoms with Crippen LogP contribution in [0, 0.1) is 0 Å². The molecule has 0 amide bonds. The molecule has 144 valence electrons. The van der Waals surface area contributed by atoms with Gasteiger partial charge in [-0.2, -0.15) is 0 Å². The molecule has 0 aliphatic carbocycles. The molecule has 2 aromatic rings. The van der Waals surface area contributed by atoms with Crippen molar-refractivity contribution in [3.8, 4) is 0 Å². The normalized spacial score (nSPS) is 11.6. The zero-order valence-corrected chi connectivity index (χ0v) is 16.1. The van der Waals surface area contributed by atoms with E-state index >= 15 is 0 Å². The van der Waals surface area contributed by atoms with Gasteiger partial charge in [-0.25, -0.2) is 9.59 Å². The second-order valence-electron chi connectivity index (χ2n) is 6.54. The zero-order chi connectivity index (χ0) is 19.5. The van der Waals surface area contributed by atoms with E-state index in [0.717, 1.165) is 37.7 Å². The molecule has 2 aromatic carbocycles. The quantitative estimate of drug-likeness (QED) is 0.407. The Kier molecular flexibility index (Phi) is 8.56. The molecule has 0 saturated heterocycles. The highest BCUT2D eigenvalue weighted by Crippen LogP contribution is 2.17. The molecule has 0 aromatic heterocycles. The van der Waals surface area contributed by atoms with E-state index < -0.39 is 11.9 Å². The van der Waals surface area contributed by atoms with Crippen molar-refractivity contribution >= 4 is 11.9 Å². The number of hydrogen-bond acceptors (Lipinski definition) is 4. The third-order valence-corrected chi connectivity index (χ3v) is 4.44. The summed E-state index contributed by atoms with van der Waals surface area (Å²) in [5.74, 6) is -0.990. The summed E-state index contributed by atoms with van der Waals surface area (Å²) in [6, 6.07) is 16.1. The Hall–Kier alpha value is -2.62. The van der Waals surface area contributed by atoms with Gasteiger partial charge < -0.3 is 9.47 Å². The van der Waals surface area contributed by atoms with E-state index in [1.165, 1.54) is 0 Å². The van der Waals surface area contributed by atoms with Crippen LogP contribution in [-0.2, 0) is 16.1 Å². The van der Waals surface area contributed by atoms with E-state index in [1.807, 2.05) is 37.3 Å². The van der Waals surface area contributed by atoms with Crippen LogP contribution in [0.25, 0.3) is 0 Å². The second-order valence-corrected chi connectivity index (χ2v) is 6.54. The van der Waals surface area contributed by atoms with Gasteiger partial charge in [0, 0.05) is 0 Å². The maximum atomic E-state index is 12.6. The lowest BCUT2D eigenvalue weighted by Crippen LogP contribution is -2.20. The molecule has 0 aliphatic heterocycles. The summed E-state index contributed by atoms with van der Waals surface area (Å²) in [6.45, 7) is 4.31. The molecule has 0 saturated carbocycles. The van der Waals surface area contributed by atoms with Crippen molar-refractivity contribution in [2.75, 3.05) is 0 Å². The average Bonchev–Trinajstić information content (AvgIpc) is 2.72. The van der Waals surface area contributed by atoms with Crippen LogP contribution in [0.2, 0.25) is 0 Å². The van der Waals surface area contributed by atoms with E-state index in [-0.39, 0.29) is 23.8 Å². The predicted molar refractivity (Wildman–Crippen MR) is 106 cm³/mol. The SMILES string of the molecule is CCCCC[C@H](CC)OC(=O)c1ccccc1C(=O)OCc1ccccc1. The van der Waals surface area contributed by atoms with Crippen molar-refractivity contribution in [2.45, 2.75) is 58.7 Å². The summed E-state index contributed by atoms with van der Waals surface area (Å²) < 4.78 is 11.0. The van der Waals surface area contributed by atoms with Gasteiger partial charge in [0.05, 0.1) is 11.1 Å². The summed E-state index contributed by atoms with van der Waals surface area (Å²) in [6.07, 6.45) is 4.75. The van der Waals surface area contributed by atoms with E-state index in [9.17, 15) is 9.59 Å². The van der Waals surface area contributed by atoms with Crippen molar-refractivity contribution in [3.05, 3.63) is 71.3 Å². The molecular formula is C23H28O4. The molecule has 4 nitrogen and oxygen atoms in total. The van der Waals surface area contributed by atoms with E-state index in [2.05, 4.69) is 6.92 Å². The van der Waals surface area contributed by atoms with E-state index in [4.69, 9.17) is 9.47 Å². The lowest BCUT2D eigenvalue weighted by molar-refractivity contribution is 0.0257. The lowest BCUT2D eigenvalue weighted by Gasteiger charge is -2.17. The fraction of sp³-hybridized carbons (Fsp3) is 0.391. The molecular weight excluding hydrogens is 340 g/mol. The molecule has 0 radical (unpaired) electrons. The molecule has 0 bridgehead atoms. The summed E-state index contributed by atoms with van der Waals surface area (Å²) in [5, 5.41) is 0. The standard InChI is InChI=1S/C23H28O4/c1-3-5-7-14-19(4-2)27-23(25)21-16-11-10-15-20(21)22(24)26-17-18-12-8-6-9-13-18/h6,8-13,15-16,19H,3-5,7,14,17H2,1-2H3/t19-/m0/s1. The minimum Gasteiger partial charge on any atom is -0.459 e. The number of hydrogen-bond donors (Lipinski definition) is 0. The van der Waals surface area contributed by atoms with Crippen molar-refractivity contribution < 1.29 is 19.1 Å². The Morgan fingerprint density at radius 3 is 2.11 bits per heavy atom. The fourth-order valence-corrected chi connectivity index (χ4v) is 2.82. The maximum Gasteiger partial charge on any atom is 0.339 e. The molecule has 0 unspecified atom stereocenters. The van der Waals surface area contributed by atoms with Gasteiger partial charge in [-0.1, -0.05) is 69.2 Å². The molecule has 0 aliphatic rings. The van der Waals surface area contributed by atoms with Crippen LogP contribution in [0.15, 0.2) is 54.6 Å². The highest BCUT2D eigenvalue weighted by Gasteiger charge is 2.21. The number of rotatable bonds is 10. The minimum atomic E-state index is -0.523. The minimum absolute atomic E-state index is 0.127. The van der Waals surface area contributed by atoms with Gasteiger partial charge in [-0.15, -0.1) is 0 Å². The summed E-state index contributed by atoms with van der Waals surface area (Å²) >= 11 is 0. The molecule has 0 heterocycles. The van der Waals surface area contributed by atoms with E-state index in [1.54, 1.807) is 24.3 Å². The first kappa shape index (κ1) is 20.7. The molecule has 0 fully saturated rings. The van der Waals surface area contributed by atoms with Crippen LogP contribution in [0.1, 0.15) is 72.2 Å². The molecule has 0 N–H and O–H groups in total. The largest absolute Gasteiger partial charge is 0.459 e. The summed E-state index contributed by atoms with van der Waals surface area (Å²) in [4.78, 5) is 25.1. The number of ether oxygens (including phenoxy) is 2. The van der Waals surface area contributed by atoms with Crippen molar-refractivity contribution in [1.82, 2.24) is 0 Å². The number of esters is 2. The Balaban J connectivity index is 2.02. The first-order valence-corrected chi connectivity index (χ1v) is 9.66. The number of carbonyl (C=O) groups excluding carboxylic acids is 2. The van der Waals surface area contributed by atoms with Gasteiger partial charge >= 0.3 is 11.9 Å². The van der Waals surface area contributed by atoms with Gasteiger partial charge in [0.1, 0.15) is 12.7 Å². The molecule has 27 heavy (non-hydrogen) atoms. The second kappa shape index (κ2) is 11.2. The predicted octanol–water partition coefficient (Wildman–Crippen LogP) is 5.56. The first-order chi connectivity index (χ1) is 13.2. The highest BCUT2D eigenvalue weighted by atomic mass is 16.5. The van der Waals surface area contributed by atoms with Crippen LogP contribution in [0.5, 0.6) is 0 Å². The van der Waals surface area contributed by atoms with Crippen molar-refractivity contribution in [3.63, 3.8) is 0 Å². The number of unbranched alkanes of at least 4 members (excludes halogenated alkanes) is 2. The highest BCUT2D eigenvalue weighted by molar-refractivity contribution is 6.03. The lowest BCUT2D eigenvalue weighted by atomic mass is 10.1. The van der Waals surface area contributed by atoms with Gasteiger partial charge in [-0.3, -0.25) is 0 Å². The van der Waals surface area contributed by atoms with Crippen LogP contribution in [0.3, 0.4) is 0 Å². The summed E-state index contributed by atoms with van der Waals surface area (Å²) in [5.41, 5.74) is 1.39. The van der Waals surface area contributed by atoms with E-state index in [0.29, 0.717) is 0 Å². The van der Waals surface area contributed by atoms with Crippen LogP contribution < -0.4 is 0 Å². The Morgan fingerprint density at radius 1 is 0.852 bits per heavy atom. The maximum absolute atomic E-state index is 12.6. The van der Waals surface area contributed by atoms with Crippen molar-refractivity contribution in [2.24, 2.45) is 0 Å². The average molecular weight is 368 g/mol. The Bertz CT molecular complexity index is 724. The monoisotopic (exact) mass is 368 g/mol. The molecule has 4 heteroatoms. The van der Waals surface area contributed by atoms with Gasteiger partial charge in [0.2, 0.25) is 0 Å². The Morgan fingerprint density at radius 2 is 1.48 bits per heavy atom. The molecule has 2 rings (SSSR count). The van der Waals surface area contributed by atoms with Gasteiger partial charge in [0.15, 0.2) is 0 Å². The number of benzene rings is 2. The third kappa shape index (κ3) is 6.55. The van der Waals surface area contributed by atoms with Crippen LogP contribution >= 0.6 is 0 Å². The third-order valence-electron chi connectivity index (χ3n) is 4.44. The van der Waals surface area contributed by atoms with Gasteiger partial charge in [0.25, 0.3) is 0 Å².